The molecular weight excluding hydrogens is 236 g/mol. The molecule has 1 heterocycles. The molecule has 0 bridgehead atoms. The topological polar surface area (TPSA) is 9.23 Å². The molecule has 0 radical (unpaired) electrons. The summed E-state index contributed by atoms with van der Waals surface area (Å²) in [5.74, 6) is 2.52. The van der Waals surface area contributed by atoms with E-state index in [1.807, 2.05) is 0 Å². The predicted octanol–water partition coefficient (Wildman–Crippen LogP) is 2.93. The van der Waals surface area contributed by atoms with E-state index in [0.29, 0.717) is 5.41 Å². The molecule has 1 aliphatic rings. The Hall–Kier alpha value is 0.790. The highest BCUT2D eigenvalue weighted by Crippen LogP contribution is 2.35. The van der Waals surface area contributed by atoms with E-state index in [1.54, 1.807) is 0 Å². The van der Waals surface area contributed by atoms with E-state index in [2.05, 4.69) is 34.6 Å². The second kappa shape index (κ2) is 5.51. The molecule has 1 aliphatic heterocycles. The molecule has 1 fully saturated rings. The monoisotopic (exact) mass is 252 g/mol. The Bertz CT molecular complexity index is 124. The summed E-state index contributed by atoms with van der Waals surface area (Å²) in [6, 6.07) is 0. The lowest BCUT2D eigenvalue weighted by molar-refractivity contribution is 0.0374. The molecule has 1 saturated heterocycles. The molecule has 0 amide bonds. The van der Waals surface area contributed by atoms with E-state index in [1.165, 1.54) is 24.3 Å². The maximum Gasteiger partial charge on any atom is 0.0471 e. The molecule has 0 N–H and O–H groups in total. The molecule has 0 atom stereocenters. The molecule has 0 aliphatic carbocycles. The fraction of sp³-hybridized carbons (Fsp3) is 1.00. The maximum absolute atomic E-state index is 5.38. The molecule has 1 rings (SSSR count). The van der Waals surface area contributed by atoms with Crippen LogP contribution in [-0.2, 0) is 4.74 Å². The molecule has 0 spiro atoms. The normalized spacial score (nSPS) is 22.5. The highest BCUT2D eigenvalue weighted by molar-refractivity contribution is 9.09. The van der Waals surface area contributed by atoms with Crippen molar-refractivity contribution in [2.45, 2.75) is 19.8 Å². The molecular formula is C9H17BrOS. The minimum atomic E-state index is 0.527. The van der Waals surface area contributed by atoms with Crippen molar-refractivity contribution < 1.29 is 4.74 Å². The first-order valence-corrected chi connectivity index (χ1v) is 6.82. The van der Waals surface area contributed by atoms with Crippen molar-refractivity contribution in [1.29, 1.82) is 0 Å². The van der Waals surface area contributed by atoms with Gasteiger partial charge >= 0.3 is 0 Å². The summed E-state index contributed by atoms with van der Waals surface area (Å²) in [5, 5.41) is 1.14. The number of ether oxygens (including phenoxy) is 1. The van der Waals surface area contributed by atoms with E-state index >= 15 is 0 Å². The Kier molecular flexibility index (Phi) is 4.99. The summed E-state index contributed by atoms with van der Waals surface area (Å²) < 4.78 is 5.38. The number of thioether (sulfide) groups is 1. The van der Waals surface area contributed by atoms with E-state index < -0.39 is 0 Å². The third-order valence-corrected chi connectivity index (χ3v) is 4.86. The third-order valence-electron chi connectivity index (χ3n) is 2.45. The van der Waals surface area contributed by atoms with Crippen molar-refractivity contribution in [3.05, 3.63) is 0 Å². The molecule has 0 aromatic carbocycles. The largest absolute Gasteiger partial charge is 0.381 e. The van der Waals surface area contributed by atoms with Crippen LogP contribution in [0.15, 0.2) is 0 Å². The minimum absolute atomic E-state index is 0.527. The van der Waals surface area contributed by atoms with Gasteiger partial charge in [-0.3, -0.25) is 0 Å². The summed E-state index contributed by atoms with van der Waals surface area (Å²) in [5.41, 5.74) is 0.527. The highest BCUT2D eigenvalue weighted by Gasteiger charge is 2.30. The van der Waals surface area contributed by atoms with Crippen LogP contribution in [0.2, 0.25) is 0 Å². The average Bonchev–Trinajstić information content (AvgIpc) is 2.16. The predicted molar refractivity (Wildman–Crippen MR) is 59.3 cm³/mol. The van der Waals surface area contributed by atoms with Crippen LogP contribution >= 0.6 is 27.7 Å². The van der Waals surface area contributed by atoms with Crippen molar-refractivity contribution in [2.75, 3.05) is 30.0 Å². The van der Waals surface area contributed by atoms with Crippen LogP contribution < -0.4 is 0 Å². The van der Waals surface area contributed by atoms with Gasteiger partial charge in [-0.2, -0.15) is 11.8 Å². The van der Waals surface area contributed by atoms with Crippen molar-refractivity contribution in [1.82, 2.24) is 0 Å². The fourth-order valence-corrected chi connectivity index (χ4v) is 3.49. The van der Waals surface area contributed by atoms with Crippen LogP contribution in [-0.4, -0.2) is 30.0 Å². The fourth-order valence-electron chi connectivity index (χ4n) is 1.44. The Labute approximate surface area is 87.8 Å². The number of halogens is 1. The first kappa shape index (κ1) is 10.9. The van der Waals surface area contributed by atoms with Gasteiger partial charge in [0.05, 0.1) is 0 Å². The summed E-state index contributed by atoms with van der Waals surface area (Å²) in [7, 11) is 0. The van der Waals surface area contributed by atoms with Crippen molar-refractivity contribution in [3.8, 4) is 0 Å². The van der Waals surface area contributed by atoms with Crippen molar-refractivity contribution in [3.63, 3.8) is 0 Å². The number of hydrogen-bond acceptors (Lipinski definition) is 2. The van der Waals surface area contributed by atoms with Gasteiger partial charge in [0.2, 0.25) is 0 Å². The van der Waals surface area contributed by atoms with Crippen LogP contribution in [0.25, 0.3) is 0 Å². The minimum Gasteiger partial charge on any atom is -0.381 e. The van der Waals surface area contributed by atoms with Crippen LogP contribution in [0.1, 0.15) is 19.8 Å². The Morgan fingerprint density at radius 1 is 1.42 bits per heavy atom. The number of rotatable bonds is 4. The Balaban J connectivity index is 2.37. The van der Waals surface area contributed by atoms with Gasteiger partial charge in [-0.15, -0.1) is 0 Å². The van der Waals surface area contributed by atoms with E-state index in [0.717, 1.165) is 18.5 Å². The smallest absolute Gasteiger partial charge is 0.0471 e. The van der Waals surface area contributed by atoms with Crippen LogP contribution in [0, 0.1) is 5.41 Å². The second-order valence-corrected chi connectivity index (χ2v) is 5.22. The highest BCUT2D eigenvalue weighted by atomic mass is 79.9. The van der Waals surface area contributed by atoms with Gasteiger partial charge < -0.3 is 4.74 Å². The standard InChI is InChI=1S/C9H17BrOS/c1-2-12-8-9(7-10)3-5-11-6-4-9/h2-8H2,1H3. The van der Waals surface area contributed by atoms with Gasteiger partial charge in [0.15, 0.2) is 0 Å². The van der Waals surface area contributed by atoms with Crippen LogP contribution in [0.3, 0.4) is 0 Å². The zero-order valence-electron chi connectivity index (χ0n) is 7.64. The van der Waals surface area contributed by atoms with Gasteiger partial charge in [-0.25, -0.2) is 0 Å². The molecule has 0 saturated carbocycles. The summed E-state index contributed by atoms with van der Waals surface area (Å²) in [6.45, 7) is 4.14. The Morgan fingerprint density at radius 3 is 2.58 bits per heavy atom. The Morgan fingerprint density at radius 2 is 2.08 bits per heavy atom. The van der Waals surface area contributed by atoms with E-state index in [4.69, 9.17) is 4.74 Å². The van der Waals surface area contributed by atoms with Gasteiger partial charge in [0.1, 0.15) is 0 Å². The lowest BCUT2D eigenvalue weighted by Gasteiger charge is -2.35. The third kappa shape index (κ3) is 2.93. The summed E-state index contributed by atoms with van der Waals surface area (Å²) in [4.78, 5) is 0. The number of alkyl halides is 1. The molecule has 0 unspecified atom stereocenters. The zero-order chi connectivity index (χ0) is 8.86. The van der Waals surface area contributed by atoms with Gasteiger partial charge in [0, 0.05) is 18.5 Å². The lowest BCUT2D eigenvalue weighted by atomic mass is 9.85. The molecule has 12 heavy (non-hydrogen) atoms. The SMILES string of the molecule is CCSCC1(CBr)CCOCC1. The molecule has 0 aromatic heterocycles. The molecule has 72 valence electrons. The van der Waals surface area contributed by atoms with Crippen molar-refractivity contribution >= 4 is 27.7 Å². The van der Waals surface area contributed by atoms with Crippen molar-refractivity contribution in [2.24, 2.45) is 5.41 Å². The van der Waals surface area contributed by atoms with Gasteiger partial charge in [-0.1, -0.05) is 22.9 Å². The average molecular weight is 253 g/mol. The molecule has 0 aromatic rings. The van der Waals surface area contributed by atoms with Crippen LogP contribution in [0.4, 0.5) is 0 Å². The first-order chi connectivity index (χ1) is 5.83. The zero-order valence-corrected chi connectivity index (χ0v) is 10.0. The van der Waals surface area contributed by atoms with Crippen LogP contribution in [0.5, 0.6) is 0 Å². The number of hydrogen-bond donors (Lipinski definition) is 0. The summed E-state index contributed by atoms with van der Waals surface area (Å²) >= 11 is 5.68. The van der Waals surface area contributed by atoms with E-state index in [-0.39, 0.29) is 0 Å². The quantitative estimate of drug-likeness (QED) is 0.712. The van der Waals surface area contributed by atoms with Gasteiger partial charge in [-0.05, 0) is 29.8 Å². The van der Waals surface area contributed by atoms with Gasteiger partial charge in [0.25, 0.3) is 0 Å². The maximum atomic E-state index is 5.38. The summed E-state index contributed by atoms with van der Waals surface area (Å²) in [6.07, 6.45) is 2.45. The first-order valence-electron chi connectivity index (χ1n) is 4.54. The second-order valence-electron chi connectivity index (χ2n) is 3.38. The lowest BCUT2D eigenvalue weighted by Crippen LogP contribution is -2.33. The molecule has 3 heteroatoms. The van der Waals surface area contributed by atoms with E-state index in [9.17, 15) is 0 Å². The molecule has 1 nitrogen and oxygen atoms in total.